The molecule has 2 aromatic heterocycles. The van der Waals surface area contributed by atoms with E-state index in [1.165, 1.54) is 5.57 Å². The summed E-state index contributed by atoms with van der Waals surface area (Å²) in [6.45, 7) is 9.32. The number of rotatable bonds is 12. The first kappa shape index (κ1) is 33.3. The zero-order chi connectivity index (χ0) is 33.7. The molecule has 2 fully saturated rings. The fraction of sp³-hybridized carbons (Fsp3) is 0.447. The Balaban J connectivity index is 1.12. The Hall–Kier alpha value is -4.57. The van der Waals surface area contributed by atoms with Gasteiger partial charge in [0.1, 0.15) is 0 Å². The van der Waals surface area contributed by atoms with Gasteiger partial charge in [0, 0.05) is 61.6 Å². The molecule has 0 radical (unpaired) electrons. The summed E-state index contributed by atoms with van der Waals surface area (Å²) in [5.41, 5.74) is 4.83. The number of nitrogens with zero attached hydrogens (tertiary/aromatic N) is 5. The lowest BCUT2D eigenvalue weighted by atomic mass is 9.79. The second-order valence-electron chi connectivity index (χ2n) is 13.2. The normalized spacial score (nSPS) is 18.6. The third kappa shape index (κ3) is 6.99. The van der Waals surface area contributed by atoms with Gasteiger partial charge >= 0.3 is 0 Å². The van der Waals surface area contributed by atoms with Crippen molar-refractivity contribution < 1.29 is 19.0 Å². The van der Waals surface area contributed by atoms with Gasteiger partial charge in [-0.3, -0.25) is 9.78 Å². The van der Waals surface area contributed by atoms with Crippen molar-refractivity contribution in [2.24, 2.45) is 0 Å². The Morgan fingerprint density at radius 3 is 2.38 bits per heavy atom. The van der Waals surface area contributed by atoms with Crippen LogP contribution in [0.2, 0.25) is 0 Å². The van der Waals surface area contributed by atoms with Crippen LogP contribution < -0.4 is 19.5 Å². The molecule has 1 amide bonds. The lowest BCUT2D eigenvalue weighted by Crippen LogP contribution is -2.43. The minimum absolute atomic E-state index is 0.0467. The zero-order valence-corrected chi connectivity index (χ0v) is 28.9. The molecule has 10 heteroatoms. The maximum absolute atomic E-state index is 13.9. The quantitative estimate of drug-likeness (QED) is 0.182. The molecule has 1 atom stereocenters. The molecule has 1 unspecified atom stereocenters. The first-order valence-electron chi connectivity index (χ1n) is 16.9. The molecule has 1 N–H and O–H groups in total. The van der Waals surface area contributed by atoms with Gasteiger partial charge in [0.05, 0.1) is 32.4 Å². The van der Waals surface area contributed by atoms with Crippen LogP contribution in [0, 0.1) is 0 Å². The fourth-order valence-electron chi connectivity index (χ4n) is 7.15. The molecule has 0 saturated carbocycles. The second-order valence-corrected chi connectivity index (χ2v) is 13.2. The van der Waals surface area contributed by atoms with E-state index in [4.69, 9.17) is 24.2 Å². The molecule has 4 aromatic rings. The highest BCUT2D eigenvalue weighted by Crippen LogP contribution is 2.41. The maximum atomic E-state index is 13.9. The number of allylic oxidation sites excluding steroid dienone is 2. The molecule has 0 bridgehead atoms. The number of hydrogen-bond donors (Lipinski definition) is 1. The van der Waals surface area contributed by atoms with E-state index in [0.717, 1.165) is 74.5 Å². The van der Waals surface area contributed by atoms with Crippen molar-refractivity contribution >= 4 is 22.9 Å². The number of imidazole rings is 1. The highest BCUT2D eigenvalue weighted by atomic mass is 16.5. The van der Waals surface area contributed by atoms with E-state index in [9.17, 15) is 4.79 Å². The summed E-state index contributed by atoms with van der Waals surface area (Å²) in [6.07, 6.45) is 8.01. The van der Waals surface area contributed by atoms with Crippen LogP contribution in [0.25, 0.3) is 11.0 Å². The molecule has 254 valence electrons. The SMILES string of the molecule is COc1cc(C(=O)N2CCC(CCN3CCC(Nc4nc5ccccc5n4CC=C(C)C)CC3)(c3ccccn3)C2)cc(OC)c1OC. The summed E-state index contributed by atoms with van der Waals surface area (Å²) in [6, 6.07) is 18.3. The Morgan fingerprint density at radius 2 is 1.71 bits per heavy atom. The number of amides is 1. The molecule has 0 aliphatic carbocycles. The lowest BCUT2D eigenvalue weighted by molar-refractivity contribution is 0.0779. The predicted molar refractivity (Wildman–Crippen MR) is 189 cm³/mol. The fourth-order valence-corrected chi connectivity index (χ4v) is 7.15. The van der Waals surface area contributed by atoms with E-state index < -0.39 is 0 Å². The van der Waals surface area contributed by atoms with Crippen LogP contribution in [0.15, 0.2) is 72.4 Å². The topological polar surface area (TPSA) is 94.0 Å². The van der Waals surface area contributed by atoms with Crippen LogP contribution >= 0.6 is 0 Å². The van der Waals surface area contributed by atoms with Gasteiger partial charge in [-0.2, -0.15) is 0 Å². The number of carbonyl (C=O) groups excluding carboxylic acids is 1. The number of fused-ring (bicyclic) bond motifs is 1. The number of benzene rings is 2. The lowest BCUT2D eigenvalue weighted by Gasteiger charge is -2.36. The van der Waals surface area contributed by atoms with E-state index in [0.29, 0.717) is 41.9 Å². The molecular formula is C38H48N6O4. The molecule has 6 rings (SSSR count). The zero-order valence-electron chi connectivity index (χ0n) is 28.9. The number of methoxy groups -OCH3 is 3. The number of likely N-dealkylation sites (tertiary alicyclic amines) is 2. The van der Waals surface area contributed by atoms with Gasteiger partial charge in [-0.15, -0.1) is 0 Å². The van der Waals surface area contributed by atoms with E-state index in [1.807, 2.05) is 23.2 Å². The summed E-state index contributed by atoms with van der Waals surface area (Å²) in [7, 11) is 4.69. The van der Waals surface area contributed by atoms with Crippen LogP contribution in [-0.2, 0) is 12.0 Å². The van der Waals surface area contributed by atoms with Gasteiger partial charge in [0.15, 0.2) is 11.5 Å². The van der Waals surface area contributed by atoms with Crippen LogP contribution in [0.4, 0.5) is 5.95 Å². The molecule has 4 heterocycles. The van der Waals surface area contributed by atoms with Crippen LogP contribution in [-0.4, -0.2) is 90.3 Å². The molecule has 48 heavy (non-hydrogen) atoms. The Labute approximate surface area is 283 Å². The Bertz CT molecular complexity index is 1720. The summed E-state index contributed by atoms with van der Waals surface area (Å²) in [5.74, 6) is 2.32. The summed E-state index contributed by atoms with van der Waals surface area (Å²) < 4.78 is 18.8. The minimum atomic E-state index is -0.220. The van der Waals surface area contributed by atoms with Crippen LogP contribution in [0.5, 0.6) is 17.2 Å². The molecular weight excluding hydrogens is 604 g/mol. The number of piperidine rings is 1. The number of aromatic nitrogens is 3. The van der Waals surface area contributed by atoms with E-state index in [2.05, 4.69) is 65.0 Å². The smallest absolute Gasteiger partial charge is 0.254 e. The summed E-state index contributed by atoms with van der Waals surface area (Å²) in [4.78, 5) is 28.2. The molecule has 2 saturated heterocycles. The van der Waals surface area contributed by atoms with Gasteiger partial charge in [0.2, 0.25) is 11.7 Å². The van der Waals surface area contributed by atoms with Crippen molar-refractivity contribution in [2.75, 3.05) is 59.4 Å². The number of ether oxygens (including phenoxy) is 3. The van der Waals surface area contributed by atoms with Gasteiger partial charge in [-0.1, -0.05) is 29.8 Å². The van der Waals surface area contributed by atoms with Crippen LogP contribution in [0.3, 0.4) is 0 Å². The number of carbonyl (C=O) groups is 1. The van der Waals surface area contributed by atoms with E-state index in [-0.39, 0.29) is 11.3 Å². The highest BCUT2D eigenvalue weighted by Gasteiger charge is 2.43. The Morgan fingerprint density at radius 1 is 0.979 bits per heavy atom. The van der Waals surface area contributed by atoms with Crippen molar-refractivity contribution in [3.05, 3.63) is 83.7 Å². The molecule has 2 aliphatic rings. The molecule has 10 nitrogen and oxygen atoms in total. The summed E-state index contributed by atoms with van der Waals surface area (Å²) >= 11 is 0. The average molecular weight is 653 g/mol. The number of pyridine rings is 1. The minimum Gasteiger partial charge on any atom is -0.493 e. The molecule has 2 aliphatic heterocycles. The van der Waals surface area contributed by atoms with Crippen molar-refractivity contribution in [3.8, 4) is 17.2 Å². The van der Waals surface area contributed by atoms with Gasteiger partial charge in [0.25, 0.3) is 5.91 Å². The standard InChI is InChI=1S/C38H48N6O4/c1-27(2)13-21-44-31-11-7-6-10-30(31)41-37(44)40-29-14-19-42(20-15-29)22-16-38(34-12-8-9-18-39-34)17-23-43(26-38)36(45)28-24-32(46-3)35(48-5)33(25-28)47-4/h6-13,18,24-25,29H,14-17,19-23,26H2,1-5H3,(H,40,41). The average Bonchev–Trinajstić information content (AvgIpc) is 3.72. The first-order valence-corrected chi connectivity index (χ1v) is 16.9. The predicted octanol–water partition coefficient (Wildman–Crippen LogP) is 6.17. The van der Waals surface area contributed by atoms with Gasteiger partial charge < -0.3 is 33.9 Å². The van der Waals surface area contributed by atoms with Crippen molar-refractivity contribution in [1.82, 2.24) is 24.3 Å². The van der Waals surface area contributed by atoms with E-state index in [1.54, 1.807) is 33.5 Å². The van der Waals surface area contributed by atoms with Crippen molar-refractivity contribution in [2.45, 2.75) is 57.5 Å². The van der Waals surface area contributed by atoms with Crippen LogP contribution in [0.1, 0.15) is 55.6 Å². The third-order valence-electron chi connectivity index (χ3n) is 9.92. The van der Waals surface area contributed by atoms with Crippen molar-refractivity contribution in [3.63, 3.8) is 0 Å². The van der Waals surface area contributed by atoms with Gasteiger partial charge in [-0.25, -0.2) is 4.98 Å². The number of hydrogen-bond acceptors (Lipinski definition) is 8. The monoisotopic (exact) mass is 652 g/mol. The second kappa shape index (κ2) is 14.7. The molecule has 2 aromatic carbocycles. The number of anilines is 1. The number of nitrogens with one attached hydrogen (secondary N) is 1. The largest absolute Gasteiger partial charge is 0.493 e. The van der Waals surface area contributed by atoms with Gasteiger partial charge in [-0.05, 0) is 82.5 Å². The highest BCUT2D eigenvalue weighted by molar-refractivity contribution is 5.96. The maximum Gasteiger partial charge on any atom is 0.254 e. The first-order chi connectivity index (χ1) is 23.3. The summed E-state index contributed by atoms with van der Waals surface area (Å²) in [5, 5.41) is 3.79. The number of para-hydroxylation sites is 2. The van der Waals surface area contributed by atoms with E-state index >= 15 is 0 Å². The molecule has 0 spiro atoms. The third-order valence-corrected chi connectivity index (χ3v) is 9.92. The Kier molecular flexibility index (Phi) is 10.2. The van der Waals surface area contributed by atoms with Crippen molar-refractivity contribution in [1.29, 1.82) is 0 Å².